The SMILES string of the molecule is Cc1cc(C(=O)COC(=O)/C=C/c2ccc(Cl)c([N+](=O)[O-])c2)c(C)n1C1CCS(=O)(=O)C1. The number of sulfone groups is 1. The summed E-state index contributed by atoms with van der Waals surface area (Å²) in [5.74, 6) is -1.03. The Hall–Kier alpha value is -2.98. The van der Waals surface area contributed by atoms with Crippen molar-refractivity contribution in [3.8, 4) is 0 Å². The average Bonchev–Trinajstić information content (AvgIpc) is 3.22. The Bertz CT molecular complexity index is 1230. The normalized spacial score (nSPS) is 17.5. The highest BCUT2D eigenvalue weighted by Crippen LogP contribution is 2.29. The number of aromatic nitrogens is 1. The predicted molar refractivity (Wildman–Crippen MR) is 119 cm³/mol. The summed E-state index contributed by atoms with van der Waals surface area (Å²) >= 11 is 5.75. The van der Waals surface area contributed by atoms with E-state index in [2.05, 4.69) is 0 Å². The largest absolute Gasteiger partial charge is 0.454 e. The number of nitrogens with zero attached hydrogens (tertiary/aromatic N) is 2. The molecule has 1 fully saturated rings. The lowest BCUT2D eigenvalue weighted by Crippen LogP contribution is -2.16. The second-order valence-electron chi connectivity index (χ2n) is 7.54. The fourth-order valence-corrected chi connectivity index (χ4v) is 5.69. The Labute approximate surface area is 189 Å². The standard InChI is InChI=1S/C21H21ClN2O7S/c1-13-9-17(14(2)23(13)16-7-8-32(29,30)12-16)20(25)11-31-21(26)6-4-15-3-5-18(22)19(10-15)24(27)28/h3-6,9-10,16H,7-8,11-12H2,1-2H3/b6-4+. The Morgan fingerprint density at radius 2 is 2.03 bits per heavy atom. The number of nitro benzene ring substituents is 1. The second kappa shape index (κ2) is 9.25. The van der Waals surface area contributed by atoms with Crippen LogP contribution in [-0.4, -0.2) is 47.8 Å². The summed E-state index contributed by atoms with van der Waals surface area (Å²) in [7, 11) is -3.08. The number of rotatable bonds is 7. The summed E-state index contributed by atoms with van der Waals surface area (Å²) < 4.78 is 30.5. The number of nitro groups is 1. The van der Waals surface area contributed by atoms with E-state index in [1.54, 1.807) is 19.9 Å². The van der Waals surface area contributed by atoms with Crippen molar-refractivity contribution in [1.82, 2.24) is 4.57 Å². The molecule has 2 aromatic rings. The van der Waals surface area contributed by atoms with E-state index in [1.807, 2.05) is 4.57 Å². The van der Waals surface area contributed by atoms with Gasteiger partial charge in [-0.2, -0.15) is 0 Å². The number of hydrogen-bond acceptors (Lipinski definition) is 7. The van der Waals surface area contributed by atoms with Crippen LogP contribution in [0.2, 0.25) is 5.02 Å². The summed E-state index contributed by atoms with van der Waals surface area (Å²) in [4.78, 5) is 34.9. The number of carbonyl (C=O) groups excluding carboxylic acids is 2. The molecule has 32 heavy (non-hydrogen) atoms. The fourth-order valence-electron chi connectivity index (χ4n) is 3.80. The number of aryl methyl sites for hydroxylation is 1. The van der Waals surface area contributed by atoms with Gasteiger partial charge in [0, 0.05) is 35.1 Å². The first kappa shape index (κ1) is 23.7. The zero-order valence-electron chi connectivity index (χ0n) is 17.4. The first-order valence-corrected chi connectivity index (χ1v) is 11.9. The number of esters is 1. The molecule has 1 aliphatic rings. The van der Waals surface area contributed by atoms with E-state index in [4.69, 9.17) is 16.3 Å². The Kier molecular flexibility index (Phi) is 6.85. The van der Waals surface area contributed by atoms with Crippen molar-refractivity contribution >= 4 is 45.0 Å². The molecule has 170 valence electrons. The van der Waals surface area contributed by atoms with Crippen molar-refractivity contribution in [3.63, 3.8) is 0 Å². The maximum Gasteiger partial charge on any atom is 0.331 e. The van der Waals surface area contributed by atoms with Gasteiger partial charge in [-0.15, -0.1) is 0 Å². The van der Waals surface area contributed by atoms with Crippen LogP contribution in [0, 0.1) is 24.0 Å². The minimum atomic E-state index is -3.08. The minimum absolute atomic E-state index is 0.0203. The van der Waals surface area contributed by atoms with Crippen LogP contribution < -0.4 is 0 Å². The summed E-state index contributed by atoms with van der Waals surface area (Å²) in [6, 6.07) is 5.52. The van der Waals surface area contributed by atoms with Crippen LogP contribution in [-0.2, 0) is 19.4 Å². The third kappa shape index (κ3) is 5.25. The number of Topliss-reactive ketones (excluding diaryl/α,β-unsaturated/α-hetero) is 1. The molecule has 3 rings (SSSR count). The summed E-state index contributed by atoms with van der Waals surface area (Å²) in [6.07, 6.45) is 2.88. The number of hydrogen-bond donors (Lipinski definition) is 0. The van der Waals surface area contributed by atoms with E-state index < -0.39 is 33.1 Å². The van der Waals surface area contributed by atoms with Crippen LogP contribution in [0.3, 0.4) is 0 Å². The smallest absolute Gasteiger partial charge is 0.331 e. The lowest BCUT2D eigenvalue weighted by atomic mass is 10.1. The zero-order valence-corrected chi connectivity index (χ0v) is 19.0. The third-order valence-electron chi connectivity index (χ3n) is 5.28. The van der Waals surface area contributed by atoms with Crippen molar-refractivity contribution in [2.24, 2.45) is 0 Å². The fraction of sp³-hybridized carbons (Fsp3) is 0.333. The van der Waals surface area contributed by atoms with E-state index in [0.29, 0.717) is 23.2 Å². The van der Waals surface area contributed by atoms with Crippen molar-refractivity contribution < 1.29 is 27.7 Å². The van der Waals surface area contributed by atoms with Gasteiger partial charge in [0.15, 0.2) is 16.4 Å². The molecule has 2 heterocycles. The van der Waals surface area contributed by atoms with Crippen LogP contribution in [0.15, 0.2) is 30.3 Å². The number of carbonyl (C=O) groups is 2. The molecule has 1 aliphatic heterocycles. The Morgan fingerprint density at radius 1 is 1.31 bits per heavy atom. The highest BCUT2D eigenvalue weighted by Gasteiger charge is 2.31. The van der Waals surface area contributed by atoms with Gasteiger partial charge < -0.3 is 9.30 Å². The third-order valence-corrected chi connectivity index (χ3v) is 7.35. The van der Waals surface area contributed by atoms with Crippen molar-refractivity contribution in [3.05, 3.63) is 68.0 Å². The Morgan fingerprint density at radius 3 is 2.66 bits per heavy atom. The molecule has 1 unspecified atom stereocenters. The summed E-state index contributed by atoms with van der Waals surface area (Å²) in [5.41, 5.74) is 1.86. The van der Waals surface area contributed by atoms with Gasteiger partial charge in [0.05, 0.1) is 16.4 Å². The predicted octanol–water partition coefficient (Wildman–Crippen LogP) is 3.47. The van der Waals surface area contributed by atoms with Crippen molar-refractivity contribution in [2.75, 3.05) is 18.1 Å². The van der Waals surface area contributed by atoms with Crippen molar-refractivity contribution in [2.45, 2.75) is 26.3 Å². The number of benzene rings is 1. The molecule has 0 amide bonds. The summed E-state index contributed by atoms with van der Waals surface area (Å²) in [5, 5.41) is 10.9. The molecule has 11 heteroatoms. The molecule has 9 nitrogen and oxygen atoms in total. The van der Waals surface area contributed by atoms with Crippen LogP contribution >= 0.6 is 11.6 Å². The van der Waals surface area contributed by atoms with E-state index in [-0.39, 0.29) is 28.3 Å². The molecule has 0 spiro atoms. The van der Waals surface area contributed by atoms with Gasteiger partial charge in [-0.1, -0.05) is 17.7 Å². The lowest BCUT2D eigenvalue weighted by molar-refractivity contribution is -0.384. The van der Waals surface area contributed by atoms with Crippen LogP contribution in [0.5, 0.6) is 0 Å². The van der Waals surface area contributed by atoms with Gasteiger partial charge in [-0.3, -0.25) is 14.9 Å². The molecule has 1 aromatic heterocycles. The van der Waals surface area contributed by atoms with Gasteiger partial charge in [0.25, 0.3) is 5.69 Å². The van der Waals surface area contributed by atoms with Crippen LogP contribution in [0.25, 0.3) is 6.08 Å². The summed E-state index contributed by atoms with van der Waals surface area (Å²) in [6.45, 7) is 3.05. The highest BCUT2D eigenvalue weighted by molar-refractivity contribution is 7.91. The zero-order chi connectivity index (χ0) is 23.6. The molecule has 0 bridgehead atoms. The molecular formula is C21H21ClN2O7S. The quantitative estimate of drug-likeness (QED) is 0.195. The lowest BCUT2D eigenvalue weighted by Gasteiger charge is -2.16. The first-order chi connectivity index (χ1) is 15.0. The van der Waals surface area contributed by atoms with E-state index >= 15 is 0 Å². The molecule has 0 saturated carbocycles. The maximum atomic E-state index is 12.6. The molecule has 0 N–H and O–H groups in total. The van der Waals surface area contributed by atoms with Crippen molar-refractivity contribution in [1.29, 1.82) is 0 Å². The minimum Gasteiger partial charge on any atom is -0.454 e. The number of ether oxygens (including phenoxy) is 1. The monoisotopic (exact) mass is 480 g/mol. The van der Waals surface area contributed by atoms with Crippen LogP contribution in [0.1, 0.15) is 39.8 Å². The van der Waals surface area contributed by atoms with Gasteiger partial charge >= 0.3 is 5.97 Å². The van der Waals surface area contributed by atoms with Gasteiger partial charge in [0.2, 0.25) is 5.78 Å². The molecule has 1 aromatic carbocycles. The molecular weight excluding hydrogens is 460 g/mol. The topological polar surface area (TPSA) is 126 Å². The number of halogens is 1. The molecule has 1 saturated heterocycles. The van der Waals surface area contributed by atoms with Gasteiger partial charge in [-0.25, -0.2) is 13.2 Å². The van der Waals surface area contributed by atoms with Crippen LogP contribution in [0.4, 0.5) is 5.69 Å². The average molecular weight is 481 g/mol. The number of ketones is 1. The Balaban J connectivity index is 1.64. The second-order valence-corrected chi connectivity index (χ2v) is 10.2. The van der Waals surface area contributed by atoms with Gasteiger partial charge in [0.1, 0.15) is 5.02 Å². The first-order valence-electron chi connectivity index (χ1n) is 9.69. The van der Waals surface area contributed by atoms with E-state index in [9.17, 15) is 28.1 Å². The molecule has 0 radical (unpaired) electrons. The molecule has 0 aliphatic carbocycles. The maximum absolute atomic E-state index is 12.6. The van der Waals surface area contributed by atoms with Gasteiger partial charge in [-0.05, 0) is 44.0 Å². The molecule has 1 atom stereocenters. The van der Waals surface area contributed by atoms with E-state index in [1.165, 1.54) is 24.3 Å². The highest BCUT2D eigenvalue weighted by atomic mass is 35.5. The van der Waals surface area contributed by atoms with E-state index in [0.717, 1.165) is 11.8 Å².